The maximum absolute atomic E-state index is 10.5. The molecule has 0 aliphatic rings. The maximum atomic E-state index is 10.5. The SMILES string of the molecule is N#CCCP(=O)(O)CO. The third kappa shape index (κ3) is 4.16. The molecule has 2 N–H and O–H groups in total. The molecule has 0 aliphatic heterocycles. The second-order valence-electron chi connectivity index (χ2n) is 1.62. The zero-order chi connectivity index (χ0) is 7.33. The second-order valence-corrected chi connectivity index (χ2v) is 4.04. The van der Waals surface area contributed by atoms with Gasteiger partial charge in [-0.25, -0.2) is 0 Å². The van der Waals surface area contributed by atoms with Crippen molar-refractivity contribution in [3.63, 3.8) is 0 Å². The van der Waals surface area contributed by atoms with Crippen molar-refractivity contribution in [3.8, 4) is 6.07 Å². The summed E-state index contributed by atoms with van der Waals surface area (Å²) < 4.78 is 10.5. The molecule has 0 amide bonds. The lowest BCUT2D eigenvalue weighted by Crippen LogP contribution is -1.91. The van der Waals surface area contributed by atoms with Crippen LogP contribution >= 0.6 is 7.37 Å². The van der Waals surface area contributed by atoms with Crippen LogP contribution in [-0.4, -0.2) is 22.5 Å². The van der Waals surface area contributed by atoms with Gasteiger partial charge in [0, 0.05) is 12.6 Å². The highest BCUT2D eigenvalue weighted by molar-refractivity contribution is 7.57. The van der Waals surface area contributed by atoms with E-state index in [0.717, 1.165) is 0 Å². The molecule has 0 aliphatic carbocycles. The Bertz CT molecular complexity index is 162. The van der Waals surface area contributed by atoms with Gasteiger partial charge in [0.25, 0.3) is 0 Å². The molecule has 0 saturated heterocycles. The summed E-state index contributed by atoms with van der Waals surface area (Å²) in [4.78, 5) is 8.61. The van der Waals surface area contributed by atoms with Crippen LogP contribution in [0.5, 0.6) is 0 Å². The summed E-state index contributed by atoms with van der Waals surface area (Å²) in [6.07, 6.45) is -0.816. The van der Waals surface area contributed by atoms with Crippen LogP contribution in [0.25, 0.3) is 0 Å². The number of hydrogen-bond acceptors (Lipinski definition) is 3. The molecule has 0 aromatic carbocycles. The van der Waals surface area contributed by atoms with E-state index in [-0.39, 0.29) is 12.6 Å². The van der Waals surface area contributed by atoms with Crippen molar-refractivity contribution in [2.75, 3.05) is 12.5 Å². The molecule has 9 heavy (non-hydrogen) atoms. The molecule has 0 radical (unpaired) electrons. The summed E-state index contributed by atoms with van der Waals surface area (Å²) in [5.74, 6) is 0. The maximum Gasteiger partial charge on any atom is 0.226 e. The highest BCUT2D eigenvalue weighted by Gasteiger charge is 2.14. The van der Waals surface area contributed by atoms with Gasteiger partial charge in [-0.05, 0) is 0 Å². The second kappa shape index (κ2) is 3.62. The van der Waals surface area contributed by atoms with Gasteiger partial charge in [0.1, 0.15) is 6.35 Å². The van der Waals surface area contributed by atoms with Crippen LogP contribution in [0.4, 0.5) is 0 Å². The lowest BCUT2D eigenvalue weighted by molar-refractivity contribution is 0.333. The van der Waals surface area contributed by atoms with Gasteiger partial charge < -0.3 is 10.00 Å². The van der Waals surface area contributed by atoms with E-state index in [4.69, 9.17) is 15.3 Å². The molecule has 0 aromatic rings. The molecule has 0 aromatic heterocycles. The summed E-state index contributed by atoms with van der Waals surface area (Å²) in [7, 11) is -3.36. The molecule has 0 fully saturated rings. The number of aliphatic hydroxyl groups excluding tert-OH is 1. The summed E-state index contributed by atoms with van der Waals surface area (Å²) >= 11 is 0. The molecule has 5 heteroatoms. The highest BCUT2D eigenvalue weighted by atomic mass is 31.2. The van der Waals surface area contributed by atoms with E-state index in [9.17, 15) is 4.57 Å². The van der Waals surface area contributed by atoms with Crippen LogP contribution in [0.2, 0.25) is 0 Å². The third-order valence-electron chi connectivity index (χ3n) is 0.794. The van der Waals surface area contributed by atoms with Gasteiger partial charge in [0.15, 0.2) is 0 Å². The number of nitrogens with zero attached hydrogens (tertiary/aromatic N) is 1. The first-order valence-electron chi connectivity index (χ1n) is 2.41. The fourth-order valence-corrected chi connectivity index (χ4v) is 0.886. The number of nitriles is 1. The Kier molecular flexibility index (Phi) is 3.48. The van der Waals surface area contributed by atoms with Crippen LogP contribution in [0.1, 0.15) is 6.42 Å². The Hall–Kier alpha value is -0.360. The minimum Gasteiger partial charge on any atom is -0.386 e. The van der Waals surface area contributed by atoms with Crippen molar-refractivity contribution >= 4 is 7.37 Å². The zero-order valence-electron chi connectivity index (χ0n) is 4.82. The molecule has 0 spiro atoms. The summed E-state index contributed by atoms with van der Waals surface area (Å²) in [5, 5.41) is 16.2. The van der Waals surface area contributed by atoms with Crippen molar-refractivity contribution in [2.24, 2.45) is 0 Å². The van der Waals surface area contributed by atoms with Gasteiger partial charge >= 0.3 is 0 Å². The Morgan fingerprint density at radius 3 is 2.56 bits per heavy atom. The lowest BCUT2D eigenvalue weighted by Gasteiger charge is -2.02. The fraction of sp³-hybridized carbons (Fsp3) is 0.750. The van der Waals surface area contributed by atoms with E-state index < -0.39 is 13.7 Å². The smallest absolute Gasteiger partial charge is 0.226 e. The van der Waals surface area contributed by atoms with E-state index in [0.29, 0.717) is 0 Å². The standard InChI is InChI=1S/C4H8NO3P/c5-2-1-3-9(7,8)4-6/h6H,1,3-4H2,(H,7,8). The van der Waals surface area contributed by atoms with Crippen LogP contribution in [0.3, 0.4) is 0 Å². The first kappa shape index (κ1) is 8.64. The third-order valence-corrected chi connectivity index (χ3v) is 2.16. The Labute approximate surface area is 53.2 Å². The average Bonchev–Trinajstić information content (AvgIpc) is 1.84. The van der Waals surface area contributed by atoms with Crippen LogP contribution in [0.15, 0.2) is 0 Å². The van der Waals surface area contributed by atoms with Crippen molar-refractivity contribution in [1.29, 1.82) is 5.26 Å². The Morgan fingerprint density at radius 1 is 1.67 bits per heavy atom. The molecule has 0 rings (SSSR count). The van der Waals surface area contributed by atoms with Gasteiger partial charge in [-0.1, -0.05) is 0 Å². The van der Waals surface area contributed by atoms with E-state index in [2.05, 4.69) is 0 Å². The summed E-state index contributed by atoms with van der Waals surface area (Å²) in [5.41, 5.74) is 0. The molecule has 1 unspecified atom stereocenters. The van der Waals surface area contributed by atoms with Crippen LogP contribution in [0, 0.1) is 11.3 Å². The minimum atomic E-state index is -3.36. The fourth-order valence-electron chi connectivity index (χ4n) is 0.295. The van der Waals surface area contributed by atoms with E-state index >= 15 is 0 Å². The molecule has 0 bridgehead atoms. The zero-order valence-corrected chi connectivity index (χ0v) is 5.71. The molecule has 52 valence electrons. The Balaban J connectivity index is 3.63. The quantitative estimate of drug-likeness (QED) is 0.558. The molecular formula is C4H8NO3P. The number of aliphatic hydroxyl groups is 1. The van der Waals surface area contributed by atoms with Crippen molar-refractivity contribution in [2.45, 2.75) is 6.42 Å². The highest BCUT2D eigenvalue weighted by Crippen LogP contribution is 2.38. The van der Waals surface area contributed by atoms with Crippen LogP contribution in [-0.2, 0) is 4.57 Å². The first-order valence-corrected chi connectivity index (χ1v) is 4.44. The van der Waals surface area contributed by atoms with Gasteiger partial charge in [0.2, 0.25) is 7.37 Å². The van der Waals surface area contributed by atoms with E-state index in [1.165, 1.54) is 0 Å². The first-order chi connectivity index (χ1) is 4.12. The van der Waals surface area contributed by atoms with E-state index in [1.807, 2.05) is 0 Å². The molecule has 1 atom stereocenters. The summed E-state index contributed by atoms with van der Waals surface area (Å²) in [6, 6.07) is 1.71. The minimum absolute atomic E-state index is 0.0222. The predicted octanol–water partition coefficient (Wildman–Crippen LogP) is 0.120. The monoisotopic (exact) mass is 149 g/mol. The van der Waals surface area contributed by atoms with Gasteiger partial charge in [0.05, 0.1) is 6.07 Å². The van der Waals surface area contributed by atoms with Crippen molar-refractivity contribution in [3.05, 3.63) is 0 Å². The number of hydrogen-bond donors (Lipinski definition) is 2. The molecular weight excluding hydrogens is 141 g/mol. The van der Waals surface area contributed by atoms with Crippen molar-refractivity contribution in [1.82, 2.24) is 0 Å². The van der Waals surface area contributed by atoms with Gasteiger partial charge in [-0.2, -0.15) is 5.26 Å². The topological polar surface area (TPSA) is 81.3 Å². The van der Waals surface area contributed by atoms with Gasteiger partial charge in [-0.15, -0.1) is 0 Å². The number of rotatable bonds is 3. The molecule has 0 heterocycles. The average molecular weight is 149 g/mol. The van der Waals surface area contributed by atoms with Crippen molar-refractivity contribution < 1.29 is 14.6 Å². The summed E-state index contributed by atoms with van der Waals surface area (Å²) in [6.45, 7) is 0. The predicted molar refractivity (Wildman–Crippen MR) is 32.0 cm³/mol. The van der Waals surface area contributed by atoms with Crippen LogP contribution < -0.4 is 0 Å². The lowest BCUT2D eigenvalue weighted by atomic mass is 10.6. The molecule has 0 saturated carbocycles. The largest absolute Gasteiger partial charge is 0.386 e. The van der Waals surface area contributed by atoms with E-state index in [1.54, 1.807) is 6.07 Å². The Morgan fingerprint density at radius 2 is 2.22 bits per heavy atom. The van der Waals surface area contributed by atoms with Gasteiger partial charge in [-0.3, -0.25) is 4.57 Å². The normalized spacial score (nSPS) is 16.1. The molecule has 4 nitrogen and oxygen atoms in total.